The SMILES string of the molecule is CCC(C)C(=O)NCC1(CBr)CCCCC1. The van der Waals surface area contributed by atoms with Crippen molar-refractivity contribution in [3.63, 3.8) is 0 Å². The molecular weight excluding hydrogens is 266 g/mol. The van der Waals surface area contributed by atoms with Gasteiger partial charge in [0.25, 0.3) is 0 Å². The maximum absolute atomic E-state index is 11.7. The zero-order valence-electron chi connectivity index (χ0n) is 10.5. The van der Waals surface area contributed by atoms with E-state index in [4.69, 9.17) is 0 Å². The van der Waals surface area contributed by atoms with Gasteiger partial charge in [-0.15, -0.1) is 0 Å². The zero-order chi connectivity index (χ0) is 12.0. The van der Waals surface area contributed by atoms with E-state index < -0.39 is 0 Å². The summed E-state index contributed by atoms with van der Waals surface area (Å²) in [5.74, 6) is 0.365. The van der Waals surface area contributed by atoms with Crippen LogP contribution in [0.15, 0.2) is 0 Å². The smallest absolute Gasteiger partial charge is 0.222 e. The van der Waals surface area contributed by atoms with Gasteiger partial charge in [-0.1, -0.05) is 49.0 Å². The number of carbonyl (C=O) groups is 1. The quantitative estimate of drug-likeness (QED) is 0.771. The number of hydrogen-bond acceptors (Lipinski definition) is 1. The van der Waals surface area contributed by atoms with Crippen molar-refractivity contribution in [1.29, 1.82) is 0 Å². The fourth-order valence-corrected chi connectivity index (χ4v) is 3.05. The summed E-state index contributed by atoms with van der Waals surface area (Å²) in [7, 11) is 0. The van der Waals surface area contributed by atoms with Crippen molar-refractivity contribution in [2.24, 2.45) is 11.3 Å². The minimum atomic E-state index is 0.149. The molecule has 2 nitrogen and oxygen atoms in total. The van der Waals surface area contributed by atoms with Gasteiger partial charge in [0, 0.05) is 17.8 Å². The molecule has 0 aromatic carbocycles. The summed E-state index contributed by atoms with van der Waals surface area (Å²) in [4.78, 5) is 11.7. The van der Waals surface area contributed by atoms with Crippen LogP contribution in [-0.2, 0) is 4.79 Å². The van der Waals surface area contributed by atoms with Crippen molar-refractivity contribution >= 4 is 21.8 Å². The predicted molar refractivity (Wildman–Crippen MR) is 71.8 cm³/mol. The van der Waals surface area contributed by atoms with Crippen LogP contribution in [0.5, 0.6) is 0 Å². The molecule has 0 aromatic heterocycles. The first-order valence-electron chi connectivity index (χ1n) is 6.47. The van der Waals surface area contributed by atoms with Crippen molar-refractivity contribution in [3.8, 4) is 0 Å². The van der Waals surface area contributed by atoms with E-state index in [0.717, 1.165) is 18.3 Å². The average molecular weight is 290 g/mol. The van der Waals surface area contributed by atoms with Gasteiger partial charge in [0.2, 0.25) is 5.91 Å². The zero-order valence-corrected chi connectivity index (χ0v) is 12.1. The second-order valence-electron chi connectivity index (χ2n) is 5.22. The van der Waals surface area contributed by atoms with Crippen LogP contribution < -0.4 is 5.32 Å². The van der Waals surface area contributed by atoms with E-state index in [1.165, 1.54) is 32.1 Å². The molecule has 3 heteroatoms. The summed E-state index contributed by atoms with van der Waals surface area (Å²) in [6.45, 7) is 4.91. The van der Waals surface area contributed by atoms with Gasteiger partial charge in [-0.2, -0.15) is 0 Å². The first-order valence-corrected chi connectivity index (χ1v) is 7.59. The molecular formula is C13H24BrNO. The third-order valence-electron chi connectivity index (χ3n) is 3.90. The fourth-order valence-electron chi connectivity index (χ4n) is 2.29. The highest BCUT2D eigenvalue weighted by atomic mass is 79.9. The Bertz CT molecular complexity index is 224. The number of carbonyl (C=O) groups excluding carboxylic acids is 1. The Morgan fingerprint density at radius 3 is 2.50 bits per heavy atom. The lowest BCUT2D eigenvalue weighted by molar-refractivity contribution is -0.125. The van der Waals surface area contributed by atoms with Crippen LogP contribution in [0.3, 0.4) is 0 Å². The molecule has 1 fully saturated rings. The number of rotatable bonds is 5. The van der Waals surface area contributed by atoms with Crippen LogP contribution in [0.25, 0.3) is 0 Å². The normalized spacial score (nSPS) is 21.4. The monoisotopic (exact) mass is 289 g/mol. The fraction of sp³-hybridized carbons (Fsp3) is 0.923. The van der Waals surface area contributed by atoms with E-state index >= 15 is 0 Å². The maximum atomic E-state index is 11.7. The number of halogens is 1. The average Bonchev–Trinajstić information content (AvgIpc) is 2.36. The molecule has 0 spiro atoms. The van der Waals surface area contributed by atoms with Crippen molar-refractivity contribution < 1.29 is 4.79 Å². The van der Waals surface area contributed by atoms with E-state index in [1.807, 2.05) is 6.92 Å². The van der Waals surface area contributed by atoms with E-state index in [-0.39, 0.29) is 11.8 Å². The van der Waals surface area contributed by atoms with Gasteiger partial charge in [0.15, 0.2) is 0 Å². The highest BCUT2D eigenvalue weighted by Crippen LogP contribution is 2.37. The van der Waals surface area contributed by atoms with Crippen LogP contribution in [0, 0.1) is 11.3 Å². The molecule has 0 radical (unpaired) electrons. The molecule has 1 rings (SSSR count). The van der Waals surface area contributed by atoms with Gasteiger partial charge in [0.05, 0.1) is 0 Å². The molecule has 1 aliphatic carbocycles. The molecule has 0 aromatic rings. The number of hydrogen-bond donors (Lipinski definition) is 1. The molecule has 94 valence electrons. The highest BCUT2D eigenvalue weighted by molar-refractivity contribution is 9.09. The lowest BCUT2D eigenvalue weighted by atomic mass is 9.75. The largest absolute Gasteiger partial charge is 0.355 e. The summed E-state index contributed by atoms with van der Waals surface area (Å²) >= 11 is 3.62. The third kappa shape index (κ3) is 3.76. The number of alkyl halides is 1. The predicted octanol–water partition coefficient (Wildman–Crippen LogP) is 3.49. The standard InChI is InChI=1S/C13H24BrNO/c1-3-11(2)12(16)15-10-13(9-14)7-5-4-6-8-13/h11H,3-10H2,1-2H3,(H,15,16). The summed E-state index contributed by atoms with van der Waals surface area (Å²) in [5.41, 5.74) is 0.321. The van der Waals surface area contributed by atoms with Crippen LogP contribution in [0.2, 0.25) is 0 Å². The summed E-state index contributed by atoms with van der Waals surface area (Å²) in [6, 6.07) is 0. The van der Waals surface area contributed by atoms with Crippen LogP contribution in [0.4, 0.5) is 0 Å². The maximum Gasteiger partial charge on any atom is 0.222 e. The van der Waals surface area contributed by atoms with Crippen LogP contribution in [-0.4, -0.2) is 17.8 Å². The van der Waals surface area contributed by atoms with Crippen LogP contribution >= 0.6 is 15.9 Å². The minimum absolute atomic E-state index is 0.149. The number of nitrogens with one attached hydrogen (secondary N) is 1. The van der Waals surface area contributed by atoms with E-state index in [2.05, 4.69) is 28.2 Å². The van der Waals surface area contributed by atoms with E-state index in [0.29, 0.717) is 5.41 Å². The molecule has 0 bridgehead atoms. The molecule has 1 atom stereocenters. The van der Waals surface area contributed by atoms with Gasteiger partial charge in [0.1, 0.15) is 0 Å². The van der Waals surface area contributed by atoms with Gasteiger partial charge in [-0.05, 0) is 24.7 Å². The Morgan fingerprint density at radius 1 is 1.38 bits per heavy atom. The van der Waals surface area contributed by atoms with E-state index in [1.54, 1.807) is 0 Å². The number of amides is 1. The van der Waals surface area contributed by atoms with Gasteiger partial charge in [-0.25, -0.2) is 0 Å². The molecule has 1 amide bonds. The van der Waals surface area contributed by atoms with Crippen molar-refractivity contribution in [2.75, 3.05) is 11.9 Å². The first kappa shape index (κ1) is 14.0. The minimum Gasteiger partial charge on any atom is -0.355 e. The van der Waals surface area contributed by atoms with Gasteiger partial charge in [-0.3, -0.25) is 4.79 Å². The molecule has 0 heterocycles. The summed E-state index contributed by atoms with van der Waals surface area (Å²) in [5, 5.41) is 4.14. The Kier molecular flexibility index (Phi) is 5.81. The second kappa shape index (κ2) is 6.63. The summed E-state index contributed by atoms with van der Waals surface area (Å²) in [6.07, 6.45) is 7.40. The van der Waals surface area contributed by atoms with Crippen molar-refractivity contribution in [1.82, 2.24) is 5.32 Å². The third-order valence-corrected chi connectivity index (χ3v) is 5.08. The molecule has 16 heavy (non-hydrogen) atoms. The Morgan fingerprint density at radius 2 is 2.00 bits per heavy atom. The molecule has 1 unspecified atom stereocenters. The molecule has 1 N–H and O–H groups in total. The molecule has 1 aliphatic rings. The lowest BCUT2D eigenvalue weighted by Gasteiger charge is -2.36. The Hall–Kier alpha value is -0.0500. The topological polar surface area (TPSA) is 29.1 Å². The van der Waals surface area contributed by atoms with Gasteiger partial charge >= 0.3 is 0 Å². The molecule has 0 saturated heterocycles. The first-order chi connectivity index (χ1) is 7.63. The Balaban J connectivity index is 2.41. The second-order valence-corrected chi connectivity index (χ2v) is 5.78. The molecule has 0 aliphatic heterocycles. The van der Waals surface area contributed by atoms with Gasteiger partial charge < -0.3 is 5.32 Å². The van der Waals surface area contributed by atoms with Crippen molar-refractivity contribution in [3.05, 3.63) is 0 Å². The lowest BCUT2D eigenvalue weighted by Crippen LogP contribution is -2.41. The van der Waals surface area contributed by atoms with E-state index in [9.17, 15) is 4.79 Å². The van der Waals surface area contributed by atoms with Crippen LogP contribution in [0.1, 0.15) is 52.4 Å². The molecule has 1 saturated carbocycles. The van der Waals surface area contributed by atoms with Crippen molar-refractivity contribution in [2.45, 2.75) is 52.4 Å². The highest BCUT2D eigenvalue weighted by Gasteiger charge is 2.31. The summed E-state index contributed by atoms with van der Waals surface area (Å²) < 4.78 is 0. The Labute approximate surface area is 108 Å².